The molecule has 2 rings (SSSR count). The fourth-order valence-corrected chi connectivity index (χ4v) is 2.35. The smallest absolute Gasteiger partial charge is 0.310 e. The topological polar surface area (TPSA) is 45.7 Å². The van der Waals surface area contributed by atoms with Gasteiger partial charge in [0.25, 0.3) is 0 Å². The Kier molecular flexibility index (Phi) is 5.20. The minimum Gasteiger partial charge on any atom is -0.466 e. The van der Waals surface area contributed by atoms with Crippen LogP contribution in [0.2, 0.25) is 5.02 Å². The number of carbonyl (C=O) groups excluding carboxylic acids is 1. The lowest BCUT2D eigenvalue weighted by atomic mass is 10.2. The molecule has 1 saturated heterocycles. The Morgan fingerprint density at radius 1 is 1.40 bits per heavy atom. The molecule has 0 radical (unpaired) electrons. The highest BCUT2D eigenvalue weighted by Gasteiger charge is 2.17. The average molecular weight is 298 g/mol. The molecule has 20 heavy (non-hydrogen) atoms. The summed E-state index contributed by atoms with van der Waals surface area (Å²) in [5.74, 6) is 0.617. The van der Waals surface area contributed by atoms with Crippen molar-refractivity contribution >= 4 is 23.4 Å². The van der Waals surface area contributed by atoms with Gasteiger partial charge in [-0.3, -0.25) is 4.79 Å². The van der Waals surface area contributed by atoms with E-state index in [2.05, 4.69) is 21.8 Å². The molecule has 0 bridgehead atoms. The van der Waals surface area contributed by atoms with E-state index in [-0.39, 0.29) is 12.4 Å². The van der Waals surface area contributed by atoms with Crippen LogP contribution in [0.1, 0.15) is 12.5 Å². The second-order valence-corrected chi connectivity index (χ2v) is 5.31. The highest BCUT2D eigenvalue weighted by atomic mass is 35.5. The number of halogens is 1. The van der Waals surface area contributed by atoms with Gasteiger partial charge in [-0.2, -0.15) is 0 Å². The quantitative estimate of drug-likeness (QED) is 0.790. The molecule has 110 valence electrons. The number of hydrogen-bond donors (Lipinski definition) is 0. The maximum Gasteiger partial charge on any atom is 0.310 e. The van der Waals surface area contributed by atoms with Crippen LogP contribution in [-0.2, 0) is 16.0 Å². The summed E-state index contributed by atoms with van der Waals surface area (Å²) in [5, 5.41) is 0.510. The Labute approximate surface area is 124 Å². The molecule has 1 aromatic heterocycles. The van der Waals surface area contributed by atoms with Crippen LogP contribution in [0.15, 0.2) is 12.3 Å². The van der Waals surface area contributed by atoms with Crippen molar-refractivity contribution in [3.05, 3.63) is 22.8 Å². The summed E-state index contributed by atoms with van der Waals surface area (Å²) >= 11 is 6.11. The second kappa shape index (κ2) is 6.90. The molecule has 0 aromatic carbocycles. The molecule has 5 nitrogen and oxygen atoms in total. The van der Waals surface area contributed by atoms with Crippen LogP contribution in [-0.4, -0.2) is 55.7 Å². The van der Waals surface area contributed by atoms with E-state index in [9.17, 15) is 4.79 Å². The van der Waals surface area contributed by atoms with Gasteiger partial charge in [-0.1, -0.05) is 11.6 Å². The number of piperazine rings is 1. The number of anilines is 1. The van der Waals surface area contributed by atoms with Crippen molar-refractivity contribution in [3.63, 3.8) is 0 Å². The molecule has 1 aromatic rings. The van der Waals surface area contributed by atoms with E-state index < -0.39 is 0 Å². The van der Waals surface area contributed by atoms with Crippen molar-refractivity contribution in [2.75, 3.05) is 44.7 Å². The SMILES string of the molecule is CCOC(=O)Cc1cc(N2CCN(C)CC2)ncc1Cl. The summed E-state index contributed by atoms with van der Waals surface area (Å²) < 4.78 is 4.96. The second-order valence-electron chi connectivity index (χ2n) is 4.91. The fourth-order valence-electron chi connectivity index (χ4n) is 2.18. The monoisotopic (exact) mass is 297 g/mol. The standard InChI is InChI=1S/C14H20ClN3O2/c1-3-20-14(19)9-11-8-13(16-10-12(11)15)18-6-4-17(2)5-7-18/h8,10H,3-7,9H2,1-2H3. The molecule has 0 N–H and O–H groups in total. The van der Waals surface area contributed by atoms with Crippen LogP contribution in [0.25, 0.3) is 0 Å². The Morgan fingerprint density at radius 2 is 2.10 bits per heavy atom. The number of ether oxygens (including phenoxy) is 1. The van der Waals surface area contributed by atoms with Crippen LogP contribution in [0.5, 0.6) is 0 Å². The average Bonchev–Trinajstić information content (AvgIpc) is 2.42. The summed E-state index contributed by atoms with van der Waals surface area (Å²) in [6, 6.07) is 1.89. The molecular formula is C14H20ClN3O2. The molecule has 0 atom stereocenters. The van der Waals surface area contributed by atoms with E-state index in [1.807, 2.05) is 6.07 Å². The van der Waals surface area contributed by atoms with Gasteiger partial charge in [0.05, 0.1) is 18.1 Å². The van der Waals surface area contributed by atoms with Gasteiger partial charge in [0, 0.05) is 32.4 Å². The number of hydrogen-bond acceptors (Lipinski definition) is 5. The third-order valence-corrected chi connectivity index (χ3v) is 3.73. The van der Waals surface area contributed by atoms with Crippen molar-refractivity contribution in [1.82, 2.24) is 9.88 Å². The predicted octanol–water partition coefficient (Wildman–Crippen LogP) is 1.59. The molecule has 0 amide bonds. The Hall–Kier alpha value is -1.33. The molecule has 1 aliphatic heterocycles. The van der Waals surface area contributed by atoms with Crippen LogP contribution in [0, 0.1) is 0 Å². The number of pyridine rings is 1. The summed E-state index contributed by atoms with van der Waals surface area (Å²) in [4.78, 5) is 20.4. The number of esters is 1. The van der Waals surface area contributed by atoms with Gasteiger partial charge < -0.3 is 14.5 Å². The largest absolute Gasteiger partial charge is 0.466 e. The van der Waals surface area contributed by atoms with E-state index in [1.54, 1.807) is 13.1 Å². The van der Waals surface area contributed by atoms with Gasteiger partial charge in [0.2, 0.25) is 0 Å². The van der Waals surface area contributed by atoms with Crippen LogP contribution in [0.3, 0.4) is 0 Å². The number of nitrogens with zero attached hydrogens (tertiary/aromatic N) is 3. The van der Waals surface area contributed by atoms with Gasteiger partial charge in [-0.05, 0) is 25.6 Å². The van der Waals surface area contributed by atoms with Crippen molar-refractivity contribution in [2.45, 2.75) is 13.3 Å². The Morgan fingerprint density at radius 3 is 2.75 bits per heavy atom. The Balaban J connectivity index is 2.09. The summed E-state index contributed by atoms with van der Waals surface area (Å²) in [6.07, 6.45) is 1.81. The zero-order chi connectivity index (χ0) is 14.5. The molecule has 0 spiro atoms. The van der Waals surface area contributed by atoms with Gasteiger partial charge in [0.15, 0.2) is 0 Å². The summed E-state index contributed by atoms with van der Waals surface area (Å²) in [6.45, 7) is 6.07. The lowest BCUT2D eigenvalue weighted by Gasteiger charge is -2.33. The number of rotatable bonds is 4. The van der Waals surface area contributed by atoms with Crippen LogP contribution in [0.4, 0.5) is 5.82 Å². The lowest BCUT2D eigenvalue weighted by Crippen LogP contribution is -2.44. The highest BCUT2D eigenvalue weighted by molar-refractivity contribution is 6.31. The zero-order valence-corrected chi connectivity index (χ0v) is 12.7. The van der Waals surface area contributed by atoms with E-state index in [0.717, 1.165) is 37.6 Å². The molecule has 0 saturated carbocycles. The van der Waals surface area contributed by atoms with Gasteiger partial charge in [0.1, 0.15) is 5.82 Å². The van der Waals surface area contributed by atoms with Crippen molar-refractivity contribution in [1.29, 1.82) is 0 Å². The van der Waals surface area contributed by atoms with Gasteiger partial charge in [-0.25, -0.2) is 4.98 Å². The number of carbonyl (C=O) groups is 1. The third-order valence-electron chi connectivity index (χ3n) is 3.39. The van der Waals surface area contributed by atoms with Crippen molar-refractivity contribution < 1.29 is 9.53 Å². The molecule has 6 heteroatoms. The van der Waals surface area contributed by atoms with Crippen molar-refractivity contribution in [3.8, 4) is 0 Å². The molecule has 0 aliphatic carbocycles. The predicted molar refractivity (Wildman–Crippen MR) is 79.3 cm³/mol. The van der Waals surface area contributed by atoms with E-state index in [0.29, 0.717) is 11.6 Å². The minimum atomic E-state index is -0.259. The number of aromatic nitrogens is 1. The van der Waals surface area contributed by atoms with Crippen LogP contribution < -0.4 is 4.90 Å². The Bertz CT molecular complexity index is 473. The first-order valence-electron chi connectivity index (χ1n) is 6.83. The van der Waals surface area contributed by atoms with E-state index >= 15 is 0 Å². The van der Waals surface area contributed by atoms with Crippen molar-refractivity contribution in [2.24, 2.45) is 0 Å². The van der Waals surface area contributed by atoms with Gasteiger partial charge in [-0.15, -0.1) is 0 Å². The maximum atomic E-state index is 11.6. The molecule has 2 heterocycles. The molecule has 1 fully saturated rings. The van der Waals surface area contributed by atoms with Gasteiger partial charge >= 0.3 is 5.97 Å². The minimum absolute atomic E-state index is 0.190. The maximum absolute atomic E-state index is 11.6. The first-order valence-corrected chi connectivity index (χ1v) is 7.21. The first kappa shape index (κ1) is 15.1. The summed E-state index contributed by atoms with van der Waals surface area (Å²) in [7, 11) is 2.11. The third kappa shape index (κ3) is 3.84. The normalized spacial score (nSPS) is 16.2. The lowest BCUT2D eigenvalue weighted by molar-refractivity contribution is -0.142. The van der Waals surface area contributed by atoms with E-state index in [1.165, 1.54) is 0 Å². The zero-order valence-electron chi connectivity index (χ0n) is 11.9. The first-order chi connectivity index (χ1) is 9.60. The molecule has 0 unspecified atom stereocenters. The summed E-state index contributed by atoms with van der Waals surface area (Å²) in [5.41, 5.74) is 0.772. The fraction of sp³-hybridized carbons (Fsp3) is 0.571. The number of likely N-dealkylation sites (N-methyl/N-ethyl adjacent to an activating group) is 1. The highest BCUT2D eigenvalue weighted by Crippen LogP contribution is 2.22. The molecular weight excluding hydrogens is 278 g/mol. The molecule has 1 aliphatic rings. The van der Waals surface area contributed by atoms with Crippen LogP contribution >= 0.6 is 11.6 Å². The van der Waals surface area contributed by atoms with E-state index in [4.69, 9.17) is 16.3 Å².